The van der Waals surface area contributed by atoms with Gasteiger partial charge < -0.3 is 9.15 Å². The van der Waals surface area contributed by atoms with Crippen molar-refractivity contribution in [3.05, 3.63) is 41.1 Å². The number of hydrogen-bond donors (Lipinski definition) is 1. The molecular weight excluding hydrogens is 412 g/mol. The molecule has 0 saturated heterocycles. The topological polar surface area (TPSA) is 101 Å². The van der Waals surface area contributed by atoms with E-state index in [0.29, 0.717) is 38.8 Å². The monoisotopic (exact) mass is 428 g/mol. The van der Waals surface area contributed by atoms with Gasteiger partial charge in [0.1, 0.15) is 11.5 Å². The molecule has 2 aromatic heterocycles. The molecule has 0 amide bonds. The first-order valence-electron chi connectivity index (χ1n) is 7.71. The molecule has 0 aliphatic rings. The molecule has 0 aliphatic heterocycles. The first-order chi connectivity index (χ1) is 12.8. The van der Waals surface area contributed by atoms with Crippen molar-refractivity contribution in [2.45, 2.75) is 16.0 Å². The van der Waals surface area contributed by atoms with Crippen LogP contribution in [-0.2, 0) is 15.8 Å². The minimum atomic E-state index is -3.59. The van der Waals surface area contributed by atoms with Gasteiger partial charge in [-0.1, -0.05) is 23.4 Å². The van der Waals surface area contributed by atoms with Gasteiger partial charge in [0, 0.05) is 19.1 Å². The van der Waals surface area contributed by atoms with Crippen molar-refractivity contribution in [3.63, 3.8) is 0 Å². The van der Waals surface area contributed by atoms with Crippen LogP contribution < -0.4 is 4.74 Å². The normalized spacial score (nSPS) is 11.9. The number of rotatable bonds is 7. The number of thioether (sulfide) groups is 1. The maximum Gasteiger partial charge on any atom is 0.275 e. The summed E-state index contributed by atoms with van der Waals surface area (Å²) in [5, 5.41) is 7.96. The van der Waals surface area contributed by atoms with Crippen molar-refractivity contribution in [3.8, 4) is 17.1 Å². The number of hydrogen-bond acceptors (Lipinski definition) is 7. The van der Waals surface area contributed by atoms with Crippen LogP contribution in [0.3, 0.4) is 0 Å². The first-order valence-corrected chi connectivity index (χ1v) is 10.5. The Bertz CT molecular complexity index is 1050. The molecule has 0 aliphatic carbocycles. The highest BCUT2D eigenvalue weighted by molar-refractivity contribution is 7.98. The van der Waals surface area contributed by atoms with E-state index in [2.05, 4.69) is 15.2 Å². The maximum absolute atomic E-state index is 12.0. The molecule has 27 heavy (non-hydrogen) atoms. The first kappa shape index (κ1) is 19.7. The lowest BCUT2D eigenvalue weighted by Crippen LogP contribution is -2.21. The SMILES string of the molecule is COc1ccc(Cl)cc1-c1nc(SCc2ccc(S(=O)(=O)N(C)C)o2)n[nH]1. The maximum atomic E-state index is 12.0. The highest BCUT2D eigenvalue weighted by Gasteiger charge is 2.21. The number of aromatic nitrogens is 3. The van der Waals surface area contributed by atoms with Crippen LogP contribution in [0, 0.1) is 0 Å². The van der Waals surface area contributed by atoms with Crippen molar-refractivity contribution in [1.29, 1.82) is 0 Å². The van der Waals surface area contributed by atoms with Crippen LogP contribution in [0.2, 0.25) is 5.02 Å². The smallest absolute Gasteiger partial charge is 0.275 e. The van der Waals surface area contributed by atoms with Gasteiger partial charge in [0.2, 0.25) is 10.2 Å². The van der Waals surface area contributed by atoms with E-state index in [9.17, 15) is 8.42 Å². The molecule has 0 spiro atoms. The van der Waals surface area contributed by atoms with Gasteiger partial charge in [0.25, 0.3) is 10.0 Å². The second kappa shape index (κ2) is 7.93. The number of furan rings is 1. The van der Waals surface area contributed by atoms with Crippen molar-refractivity contribution in [2.75, 3.05) is 21.2 Å². The van der Waals surface area contributed by atoms with Gasteiger partial charge in [0.15, 0.2) is 5.82 Å². The Labute approximate surface area is 165 Å². The number of benzene rings is 1. The number of nitrogens with one attached hydrogen (secondary N) is 1. The van der Waals surface area contributed by atoms with Crippen LogP contribution in [0.15, 0.2) is 45.0 Å². The second-order valence-electron chi connectivity index (χ2n) is 5.61. The number of ether oxygens (including phenoxy) is 1. The summed E-state index contributed by atoms with van der Waals surface area (Å²) in [5.74, 6) is 2.03. The van der Waals surface area contributed by atoms with E-state index in [0.717, 1.165) is 4.31 Å². The van der Waals surface area contributed by atoms with Crippen molar-refractivity contribution >= 4 is 33.4 Å². The number of methoxy groups -OCH3 is 1. The molecule has 3 rings (SSSR count). The summed E-state index contributed by atoms with van der Waals surface area (Å²) >= 11 is 7.35. The summed E-state index contributed by atoms with van der Waals surface area (Å²) in [6.45, 7) is 0. The summed E-state index contributed by atoms with van der Waals surface area (Å²) in [7, 11) is 0.875. The summed E-state index contributed by atoms with van der Waals surface area (Å²) < 4.78 is 35.9. The zero-order chi connectivity index (χ0) is 19.6. The predicted molar refractivity (Wildman–Crippen MR) is 103 cm³/mol. The molecule has 8 nitrogen and oxygen atoms in total. The van der Waals surface area contributed by atoms with Gasteiger partial charge in [-0.25, -0.2) is 17.7 Å². The quantitative estimate of drug-likeness (QED) is 0.576. The van der Waals surface area contributed by atoms with Gasteiger partial charge in [-0.05, 0) is 30.3 Å². The molecule has 11 heteroatoms. The number of halogens is 1. The number of H-pyrrole nitrogens is 1. The highest BCUT2D eigenvalue weighted by Crippen LogP contribution is 2.31. The Morgan fingerprint density at radius 1 is 1.30 bits per heavy atom. The fraction of sp³-hybridized carbons (Fsp3) is 0.250. The lowest BCUT2D eigenvalue weighted by Gasteiger charge is -2.07. The van der Waals surface area contributed by atoms with E-state index in [1.165, 1.54) is 31.9 Å². The molecule has 1 aromatic carbocycles. The van der Waals surface area contributed by atoms with Crippen LogP contribution in [0.4, 0.5) is 0 Å². The molecule has 144 valence electrons. The van der Waals surface area contributed by atoms with E-state index in [1.807, 2.05) is 0 Å². The molecular formula is C16H17ClN4O4S2. The van der Waals surface area contributed by atoms with Crippen LogP contribution in [-0.4, -0.2) is 49.1 Å². The third-order valence-corrected chi connectivity index (χ3v) is 6.39. The Morgan fingerprint density at radius 2 is 2.07 bits per heavy atom. The van der Waals surface area contributed by atoms with Crippen LogP contribution in [0.1, 0.15) is 5.76 Å². The van der Waals surface area contributed by atoms with Gasteiger partial charge in [-0.2, -0.15) is 0 Å². The number of nitrogens with zero attached hydrogens (tertiary/aromatic N) is 3. The molecule has 3 aromatic rings. The van der Waals surface area contributed by atoms with Crippen molar-refractivity contribution in [2.24, 2.45) is 0 Å². The fourth-order valence-corrected chi connectivity index (χ4v) is 3.86. The third kappa shape index (κ3) is 4.29. The number of aromatic amines is 1. The third-order valence-electron chi connectivity index (χ3n) is 3.60. The highest BCUT2D eigenvalue weighted by atomic mass is 35.5. The van der Waals surface area contributed by atoms with E-state index < -0.39 is 10.0 Å². The standard InChI is InChI=1S/C16H17ClN4O4S2/c1-21(2)27(22,23)14-7-5-11(25-14)9-26-16-18-15(19-20-16)12-8-10(17)4-6-13(12)24-3/h4-8H,9H2,1-3H3,(H,18,19,20). The molecule has 0 atom stereocenters. The Morgan fingerprint density at radius 3 is 2.78 bits per heavy atom. The molecule has 0 unspecified atom stereocenters. The van der Waals surface area contributed by atoms with Gasteiger partial charge in [-0.15, -0.1) is 5.10 Å². The van der Waals surface area contributed by atoms with E-state index >= 15 is 0 Å². The Kier molecular flexibility index (Phi) is 5.80. The lowest BCUT2D eigenvalue weighted by molar-refractivity contribution is 0.408. The molecule has 2 heterocycles. The number of sulfonamides is 1. The molecule has 0 radical (unpaired) electrons. The summed E-state index contributed by atoms with van der Waals surface area (Å²) in [6.07, 6.45) is 0. The zero-order valence-corrected chi connectivity index (χ0v) is 17.2. The van der Waals surface area contributed by atoms with Crippen LogP contribution in [0.25, 0.3) is 11.4 Å². The zero-order valence-electron chi connectivity index (χ0n) is 14.8. The van der Waals surface area contributed by atoms with E-state index in [1.54, 1.807) is 31.4 Å². The molecule has 0 bridgehead atoms. The summed E-state index contributed by atoms with van der Waals surface area (Å²) in [5.41, 5.74) is 0.696. The predicted octanol–water partition coefficient (Wildman–Crippen LogP) is 3.27. The minimum Gasteiger partial charge on any atom is -0.496 e. The minimum absolute atomic E-state index is 0.0950. The van der Waals surface area contributed by atoms with E-state index in [4.69, 9.17) is 20.8 Å². The van der Waals surface area contributed by atoms with Crippen molar-refractivity contribution in [1.82, 2.24) is 19.5 Å². The van der Waals surface area contributed by atoms with Gasteiger partial charge in [-0.3, -0.25) is 5.10 Å². The van der Waals surface area contributed by atoms with Crippen LogP contribution >= 0.6 is 23.4 Å². The van der Waals surface area contributed by atoms with Gasteiger partial charge >= 0.3 is 0 Å². The molecule has 0 fully saturated rings. The fourth-order valence-electron chi connectivity index (χ4n) is 2.19. The summed E-state index contributed by atoms with van der Waals surface area (Å²) in [6, 6.07) is 8.28. The summed E-state index contributed by atoms with van der Waals surface area (Å²) in [4.78, 5) is 4.42. The average molecular weight is 429 g/mol. The second-order valence-corrected chi connectivity index (χ2v) is 9.07. The van der Waals surface area contributed by atoms with Gasteiger partial charge in [0.05, 0.1) is 18.4 Å². The Balaban J connectivity index is 1.73. The lowest BCUT2D eigenvalue weighted by atomic mass is 10.2. The molecule has 0 saturated carbocycles. The van der Waals surface area contributed by atoms with Crippen LogP contribution in [0.5, 0.6) is 5.75 Å². The Hall–Kier alpha value is -2.01. The largest absolute Gasteiger partial charge is 0.496 e. The van der Waals surface area contributed by atoms with E-state index in [-0.39, 0.29) is 5.09 Å². The van der Waals surface area contributed by atoms with Crippen molar-refractivity contribution < 1.29 is 17.6 Å². The molecule has 1 N–H and O–H groups in total. The average Bonchev–Trinajstić information content (AvgIpc) is 3.29.